The summed E-state index contributed by atoms with van der Waals surface area (Å²) in [6, 6.07) is 16.2. The van der Waals surface area contributed by atoms with Gasteiger partial charge in [-0.2, -0.15) is 5.26 Å². The number of nitrogens with one attached hydrogen (secondary N) is 1. The summed E-state index contributed by atoms with van der Waals surface area (Å²) >= 11 is 1.46. The summed E-state index contributed by atoms with van der Waals surface area (Å²) in [6.45, 7) is 6.71. The van der Waals surface area contributed by atoms with Crippen molar-refractivity contribution in [2.24, 2.45) is 0 Å². The molecule has 0 bridgehead atoms. The van der Waals surface area contributed by atoms with Gasteiger partial charge in [0.1, 0.15) is 22.4 Å². The first kappa shape index (κ1) is 18.7. The zero-order chi connectivity index (χ0) is 19.2. The first-order valence-electron chi connectivity index (χ1n) is 8.74. The Morgan fingerprint density at radius 3 is 2.78 bits per heavy atom. The van der Waals surface area contributed by atoms with E-state index in [-0.39, 0.29) is 0 Å². The zero-order valence-corrected chi connectivity index (χ0v) is 16.4. The topological polar surface area (TPSA) is 57.9 Å². The van der Waals surface area contributed by atoms with E-state index >= 15 is 0 Å². The first-order valence-corrected chi connectivity index (χ1v) is 9.62. The molecule has 0 aliphatic heterocycles. The lowest BCUT2D eigenvalue weighted by Crippen LogP contribution is -1.97. The van der Waals surface area contributed by atoms with E-state index in [1.54, 1.807) is 6.20 Å². The Labute approximate surface area is 163 Å². The summed E-state index contributed by atoms with van der Waals surface area (Å²) in [6.07, 6.45) is 1.68. The van der Waals surface area contributed by atoms with Crippen LogP contribution in [0.1, 0.15) is 23.1 Å². The second-order valence-electron chi connectivity index (χ2n) is 6.08. The fourth-order valence-electron chi connectivity index (χ4n) is 2.59. The Morgan fingerprint density at radius 2 is 2.04 bits per heavy atom. The van der Waals surface area contributed by atoms with E-state index in [0.717, 1.165) is 22.7 Å². The molecule has 27 heavy (non-hydrogen) atoms. The molecule has 2 aromatic carbocycles. The molecule has 0 amide bonds. The third kappa shape index (κ3) is 4.36. The summed E-state index contributed by atoms with van der Waals surface area (Å²) < 4.78 is 5.60. The molecule has 3 aromatic rings. The lowest BCUT2D eigenvalue weighted by molar-refractivity contribution is 0.342. The van der Waals surface area contributed by atoms with Crippen molar-refractivity contribution in [2.75, 3.05) is 11.9 Å². The van der Waals surface area contributed by atoms with Crippen LogP contribution in [0.25, 0.3) is 16.8 Å². The van der Waals surface area contributed by atoms with Crippen molar-refractivity contribution in [3.8, 4) is 23.1 Å². The highest BCUT2D eigenvalue weighted by Crippen LogP contribution is 2.28. The van der Waals surface area contributed by atoms with Gasteiger partial charge in [-0.15, -0.1) is 11.3 Å². The lowest BCUT2D eigenvalue weighted by atomic mass is 10.1. The minimum absolute atomic E-state index is 0.487. The largest absolute Gasteiger partial charge is 0.492 e. The van der Waals surface area contributed by atoms with Gasteiger partial charge in [0.05, 0.1) is 18.0 Å². The molecule has 5 heteroatoms. The van der Waals surface area contributed by atoms with Crippen LogP contribution in [-0.4, -0.2) is 11.6 Å². The first-order chi connectivity index (χ1) is 13.1. The molecule has 0 saturated carbocycles. The van der Waals surface area contributed by atoms with Crippen molar-refractivity contribution in [3.05, 3.63) is 70.2 Å². The molecule has 0 radical (unpaired) electrons. The number of thiazole rings is 1. The molecular formula is C22H21N3OS. The molecule has 4 nitrogen and oxygen atoms in total. The average Bonchev–Trinajstić information content (AvgIpc) is 3.16. The SMILES string of the molecule is CCOc1ccccc1NC=C(C#N)c1nc(-c2ccc(C)c(C)c2)cs1. The van der Waals surface area contributed by atoms with Gasteiger partial charge in [-0.05, 0) is 50.1 Å². The second kappa shape index (κ2) is 8.52. The molecule has 0 spiro atoms. The number of rotatable bonds is 6. The molecule has 1 N–H and O–H groups in total. The van der Waals surface area contributed by atoms with Crippen LogP contribution >= 0.6 is 11.3 Å². The van der Waals surface area contributed by atoms with E-state index in [4.69, 9.17) is 4.74 Å². The molecule has 0 fully saturated rings. The fourth-order valence-corrected chi connectivity index (χ4v) is 3.38. The maximum absolute atomic E-state index is 9.57. The summed E-state index contributed by atoms with van der Waals surface area (Å²) in [7, 11) is 0. The number of anilines is 1. The van der Waals surface area contributed by atoms with Crippen LogP contribution in [0.3, 0.4) is 0 Å². The summed E-state index contributed by atoms with van der Waals surface area (Å²) in [4.78, 5) is 4.65. The minimum atomic E-state index is 0.487. The molecule has 0 atom stereocenters. The molecule has 136 valence electrons. The van der Waals surface area contributed by atoms with Crippen molar-refractivity contribution in [1.82, 2.24) is 4.98 Å². The molecule has 3 rings (SSSR count). The number of hydrogen-bond donors (Lipinski definition) is 1. The Bertz CT molecular complexity index is 1010. The van der Waals surface area contributed by atoms with Gasteiger partial charge in [0.25, 0.3) is 0 Å². The van der Waals surface area contributed by atoms with Gasteiger partial charge in [0.2, 0.25) is 0 Å². The van der Waals surface area contributed by atoms with Crippen molar-refractivity contribution >= 4 is 22.6 Å². The Hall–Kier alpha value is -3.10. The quantitative estimate of drug-likeness (QED) is 0.553. The average molecular weight is 375 g/mol. The summed E-state index contributed by atoms with van der Waals surface area (Å²) in [5, 5.41) is 15.4. The number of benzene rings is 2. The number of ether oxygens (including phenoxy) is 1. The molecule has 0 unspecified atom stereocenters. The van der Waals surface area contributed by atoms with Gasteiger partial charge in [0.15, 0.2) is 0 Å². The van der Waals surface area contributed by atoms with E-state index in [1.165, 1.54) is 22.5 Å². The van der Waals surface area contributed by atoms with Crippen LogP contribution in [0.15, 0.2) is 54.0 Å². The predicted molar refractivity (Wildman–Crippen MR) is 112 cm³/mol. The minimum Gasteiger partial charge on any atom is -0.492 e. The summed E-state index contributed by atoms with van der Waals surface area (Å²) in [5.74, 6) is 0.753. The third-order valence-corrected chi connectivity index (χ3v) is 5.09. The maximum Gasteiger partial charge on any atom is 0.142 e. The number of allylic oxidation sites excluding steroid dienone is 1. The standard InChI is InChI=1S/C22H21N3OS/c1-4-26-21-8-6-5-7-19(21)24-13-18(12-23)22-25-20(14-27-22)17-10-9-15(2)16(3)11-17/h5-11,13-14,24H,4H2,1-3H3. The van der Waals surface area contributed by atoms with Crippen molar-refractivity contribution < 1.29 is 4.74 Å². The normalized spacial score (nSPS) is 11.1. The van der Waals surface area contributed by atoms with E-state index in [9.17, 15) is 5.26 Å². The third-order valence-electron chi connectivity index (χ3n) is 4.22. The van der Waals surface area contributed by atoms with Gasteiger partial charge >= 0.3 is 0 Å². The molecular weight excluding hydrogens is 354 g/mol. The highest BCUT2D eigenvalue weighted by molar-refractivity contribution is 7.11. The Balaban J connectivity index is 1.84. The smallest absolute Gasteiger partial charge is 0.142 e. The Kier molecular flexibility index (Phi) is 5.90. The number of nitriles is 1. The zero-order valence-electron chi connectivity index (χ0n) is 15.6. The number of hydrogen-bond acceptors (Lipinski definition) is 5. The van der Waals surface area contributed by atoms with E-state index in [1.807, 2.05) is 36.6 Å². The number of nitrogens with zero attached hydrogens (tertiary/aromatic N) is 2. The highest BCUT2D eigenvalue weighted by Gasteiger charge is 2.10. The number of aryl methyl sites for hydroxylation is 2. The second-order valence-corrected chi connectivity index (χ2v) is 6.94. The maximum atomic E-state index is 9.57. The van der Waals surface area contributed by atoms with Crippen LogP contribution in [-0.2, 0) is 0 Å². The summed E-state index contributed by atoms with van der Waals surface area (Å²) in [5.41, 5.74) is 5.73. The van der Waals surface area contributed by atoms with Crippen LogP contribution < -0.4 is 10.1 Å². The number of para-hydroxylation sites is 2. The molecule has 1 aromatic heterocycles. The highest BCUT2D eigenvalue weighted by atomic mass is 32.1. The lowest BCUT2D eigenvalue weighted by Gasteiger charge is -2.09. The van der Waals surface area contributed by atoms with Gasteiger partial charge in [0, 0.05) is 17.1 Å². The van der Waals surface area contributed by atoms with Crippen molar-refractivity contribution in [1.29, 1.82) is 5.26 Å². The van der Waals surface area contributed by atoms with Gasteiger partial charge in [-0.25, -0.2) is 4.98 Å². The van der Waals surface area contributed by atoms with Crippen LogP contribution in [0.4, 0.5) is 5.69 Å². The van der Waals surface area contributed by atoms with Gasteiger partial charge in [-0.1, -0.05) is 24.3 Å². The van der Waals surface area contributed by atoms with Crippen molar-refractivity contribution in [2.45, 2.75) is 20.8 Å². The van der Waals surface area contributed by atoms with Gasteiger partial charge in [-0.3, -0.25) is 0 Å². The number of aromatic nitrogens is 1. The molecule has 0 saturated heterocycles. The fraction of sp³-hybridized carbons (Fsp3) is 0.182. The van der Waals surface area contributed by atoms with Crippen LogP contribution in [0.5, 0.6) is 5.75 Å². The van der Waals surface area contributed by atoms with Gasteiger partial charge < -0.3 is 10.1 Å². The Morgan fingerprint density at radius 1 is 1.22 bits per heavy atom. The van der Waals surface area contributed by atoms with E-state index in [0.29, 0.717) is 17.2 Å². The molecule has 0 aliphatic carbocycles. The monoisotopic (exact) mass is 375 g/mol. The van der Waals surface area contributed by atoms with E-state index < -0.39 is 0 Å². The predicted octanol–water partition coefficient (Wildman–Crippen LogP) is 5.80. The van der Waals surface area contributed by atoms with E-state index in [2.05, 4.69) is 48.4 Å². The molecule has 0 aliphatic rings. The molecule has 1 heterocycles. The van der Waals surface area contributed by atoms with Crippen LogP contribution in [0.2, 0.25) is 0 Å². The van der Waals surface area contributed by atoms with Crippen LogP contribution in [0, 0.1) is 25.2 Å². The van der Waals surface area contributed by atoms with Crippen molar-refractivity contribution in [3.63, 3.8) is 0 Å².